The second kappa shape index (κ2) is 6.13. The first-order chi connectivity index (χ1) is 12.1. The Morgan fingerprint density at radius 1 is 1.50 bits per heavy atom. The molecular weight excluding hydrogens is 342 g/mol. The number of hydrogen-bond donors (Lipinski definition) is 4. The van der Waals surface area contributed by atoms with Gasteiger partial charge >= 0.3 is 17.1 Å². The molecule has 10 nitrogen and oxygen atoms in total. The minimum absolute atomic E-state index is 0.00989. The van der Waals surface area contributed by atoms with E-state index in [0.29, 0.717) is 0 Å². The first kappa shape index (κ1) is 17.9. The average Bonchev–Trinajstić information content (AvgIpc) is 3.25. The third-order valence-electron chi connectivity index (χ3n) is 4.40. The van der Waals surface area contributed by atoms with Gasteiger partial charge in [-0.15, -0.1) is 0 Å². The van der Waals surface area contributed by atoms with Gasteiger partial charge in [-0.3, -0.25) is 9.59 Å². The van der Waals surface area contributed by atoms with Crippen LogP contribution in [0.2, 0.25) is 0 Å². The lowest BCUT2D eigenvalue weighted by Gasteiger charge is -2.21. The van der Waals surface area contributed by atoms with Gasteiger partial charge in [0, 0.05) is 13.2 Å². The Hall–Kier alpha value is -2.88. The van der Waals surface area contributed by atoms with E-state index in [1.54, 1.807) is 13.8 Å². The van der Waals surface area contributed by atoms with Gasteiger partial charge in [0.25, 0.3) is 11.8 Å². The van der Waals surface area contributed by atoms with E-state index in [2.05, 4.69) is 10.4 Å². The molecule has 140 valence electrons. The molecule has 3 rings (SSSR count). The summed E-state index contributed by atoms with van der Waals surface area (Å²) in [6, 6.07) is 1.35. The number of carbonyl (C=O) groups excluding carboxylic acids is 2. The molecule has 0 bridgehead atoms. The van der Waals surface area contributed by atoms with Crippen LogP contribution < -0.4 is 21.2 Å². The molecule has 0 spiro atoms. The zero-order chi connectivity index (χ0) is 19.2. The molecule has 5 N–H and O–H groups in total. The van der Waals surface area contributed by atoms with Crippen LogP contribution >= 0.6 is 0 Å². The molecule has 1 saturated carbocycles. The lowest BCUT2D eigenvalue weighted by molar-refractivity contribution is -0.693. The van der Waals surface area contributed by atoms with Crippen LogP contribution in [0.5, 0.6) is 5.88 Å². The van der Waals surface area contributed by atoms with E-state index in [1.807, 2.05) is 0 Å². The van der Waals surface area contributed by atoms with Crippen LogP contribution in [0, 0.1) is 0 Å². The summed E-state index contributed by atoms with van der Waals surface area (Å²) in [5.41, 5.74) is 3.56. The summed E-state index contributed by atoms with van der Waals surface area (Å²) in [5, 5.41) is 15.9. The minimum Gasteiger partial charge on any atom is -0.477 e. The Kier molecular flexibility index (Phi) is 4.23. The van der Waals surface area contributed by atoms with Gasteiger partial charge in [-0.05, 0) is 26.7 Å². The number of fused-ring (bicyclic) bond motifs is 1. The molecule has 0 radical (unpaired) electrons. The van der Waals surface area contributed by atoms with Gasteiger partial charge in [-0.1, -0.05) is 4.52 Å². The highest BCUT2D eigenvalue weighted by Gasteiger charge is 2.35. The molecule has 26 heavy (non-hydrogen) atoms. The molecule has 2 amide bonds. The number of carbonyl (C=O) groups is 2. The van der Waals surface area contributed by atoms with E-state index in [1.165, 1.54) is 17.7 Å². The standard InChI is InChI=1S/C16H21N5O5/c1-16(2,26-3)7-20-10-6-9(12(17)22)19-21(10)15(25)11(14(20)24)13(23)18-8-4-5-8/h6,8H,4-5,7H2,1-3H3,(H4,17,18,22,23,24,25)/p+1. The molecule has 0 saturated heterocycles. The van der Waals surface area contributed by atoms with Crippen LogP contribution in [0.15, 0.2) is 10.9 Å². The van der Waals surface area contributed by atoms with Crippen LogP contribution in [0.25, 0.3) is 5.65 Å². The normalized spacial score (nSPS) is 14.6. The van der Waals surface area contributed by atoms with Crippen molar-refractivity contribution in [1.82, 2.24) is 14.9 Å². The topological polar surface area (TPSA) is 143 Å². The van der Waals surface area contributed by atoms with E-state index in [0.717, 1.165) is 17.4 Å². The zero-order valence-electron chi connectivity index (χ0n) is 14.8. The van der Waals surface area contributed by atoms with Gasteiger partial charge in [-0.25, -0.2) is 9.89 Å². The Balaban J connectivity index is 2.25. The maximum absolute atomic E-state index is 12.7. The monoisotopic (exact) mass is 364 g/mol. The molecule has 10 heteroatoms. The van der Waals surface area contributed by atoms with E-state index < -0.39 is 34.4 Å². The number of nitrogens with one attached hydrogen (secondary N) is 2. The number of aromatic hydroxyl groups is 1. The Morgan fingerprint density at radius 2 is 2.15 bits per heavy atom. The van der Waals surface area contributed by atoms with Gasteiger partial charge in [-0.2, -0.15) is 4.57 Å². The number of H-pyrrole nitrogens is 1. The van der Waals surface area contributed by atoms with Crippen molar-refractivity contribution >= 4 is 17.5 Å². The van der Waals surface area contributed by atoms with Crippen molar-refractivity contribution in [2.75, 3.05) is 7.11 Å². The van der Waals surface area contributed by atoms with Crippen molar-refractivity contribution in [2.24, 2.45) is 5.73 Å². The number of aromatic nitrogens is 3. The fraction of sp³-hybridized carbons (Fsp3) is 0.500. The average molecular weight is 364 g/mol. The maximum atomic E-state index is 12.7. The number of ether oxygens (including phenoxy) is 1. The van der Waals surface area contributed by atoms with Crippen LogP contribution in [0.1, 0.15) is 47.5 Å². The molecule has 1 aliphatic rings. The summed E-state index contributed by atoms with van der Waals surface area (Å²) in [5.74, 6) is -1.92. The van der Waals surface area contributed by atoms with Crippen molar-refractivity contribution in [3.8, 4) is 5.88 Å². The van der Waals surface area contributed by atoms with Crippen molar-refractivity contribution in [2.45, 2.75) is 44.9 Å². The predicted molar refractivity (Wildman–Crippen MR) is 90.0 cm³/mol. The third-order valence-corrected chi connectivity index (χ3v) is 4.40. The molecule has 2 aromatic rings. The van der Waals surface area contributed by atoms with Crippen LogP contribution in [0.3, 0.4) is 0 Å². The lowest BCUT2D eigenvalue weighted by Crippen LogP contribution is -2.50. The second-order valence-corrected chi connectivity index (χ2v) is 7.03. The van der Waals surface area contributed by atoms with E-state index in [4.69, 9.17) is 10.5 Å². The number of aromatic amines is 1. The van der Waals surface area contributed by atoms with Crippen LogP contribution in [0.4, 0.5) is 0 Å². The fourth-order valence-electron chi connectivity index (χ4n) is 2.62. The summed E-state index contributed by atoms with van der Waals surface area (Å²) < 4.78 is 7.75. The largest absolute Gasteiger partial charge is 0.477 e. The number of hydrogen-bond acceptors (Lipinski definition) is 5. The summed E-state index contributed by atoms with van der Waals surface area (Å²) >= 11 is 0. The van der Waals surface area contributed by atoms with Gasteiger partial charge in [0.2, 0.25) is 5.56 Å². The van der Waals surface area contributed by atoms with Crippen molar-refractivity contribution in [3.05, 3.63) is 27.7 Å². The SMILES string of the molecule is COC(C)(C)C[n+]1c(O)c(C(=O)NC2CC2)c(=O)n2[nH]c(C(N)=O)cc21. The Labute approximate surface area is 148 Å². The van der Waals surface area contributed by atoms with Crippen molar-refractivity contribution < 1.29 is 24.0 Å². The van der Waals surface area contributed by atoms with Gasteiger partial charge in [0.15, 0.2) is 0 Å². The highest BCUT2D eigenvalue weighted by atomic mass is 16.5. The number of amides is 2. The molecule has 0 atom stereocenters. The number of rotatable bonds is 6. The summed E-state index contributed by atoms with van der Waals surface area (Å²) in [7, 11) is 1.51. The number of primary amides is 1. The van der Waals surface area contributed by atoms with Crippen LogP contribution in [-0.2, 0) is 11.3 Å². The van der Waals surface area contributed by atoms with Gasteiger partial charge < -0.3 is 20.9 Å². The van der Waals surface area contributed by atoms with Gasteiger partial charge in [0.05, 0.1) is 11.7 Å². The predicted octanol–water partition coefficient (Wildman–Crippen LogP) is -0.963. The van der Waals surface area contributed by atoms with E-state index in [9.17, 15) is 19.5 Å². The molecule has 1 aliphatic carbocycles. The van der Waals surface area contributed by atoms with Gasteiger partial charge in [0.1, 0.15) is 12.2 Å². The second-order valence-electron chi connectivity index (χ2n) is 7.03. The first-order valence-electron chi connectivity index (χ1n) is 8.21. The lowest BCUT2D eigenvalue weighted by atomic mass is 10.1. The quantitative estimate of drug-likeness (QED) is 0.488. The molecule has 1 fully saturated rings. The summed E-state index contributed by atoms with van der Waals surface area (Å²) in [6.45, 7) is 3.69. The van der Waals surface area contributed by atoms with Crippen LogP contribution in [-0.4, -0.2) is 45.3 Å². The van der Waals surface area contributed by atoms with E-state index in [-0.39, 0.29) is 23.9 Å². The van der Waals surface area contributed by atoms with Crippen molar-refractivity contribution in [3.63, 3.8) is 0 Å². The van der Waals surface area contributed by atoms with Crippen molar-refractivity contribution in [1.29, 1.82) is 0 Å². The third kappa shape index (κ3) is 3.15. The summed E-state index contributed by atoms with van der Waals surface area (Å²) in [4.78, 5) is 36.7. The molecular formula is C16H22N5O5+. The Morgan fingerprint density at radius 3 is 2.69 bits per heavy atom. The number of nitrogens with zero attached hydrogens (tertiary/aromatic N) is 2. The maximum Gasteiger partial charge on any atom is 0.378 e. The number of nitrogens with two attached hydrogens (primary N) is 1. The molecule has 2 aromatic heterocycles. The highest BCUT2D eigenvalue weighted by molar-refractivity contribution is 5.96. The smallest absolute Gasteiger partial charge is 0.378 e. The molecule has 0 aromatic carbocycles. The zero-order valence-corrected chi connectivity index (χ0v) is 14.8. The molecule has 2 heterocycles. The van der Waals surface area contributed by atoms with E-state index >= 15 is 0 Å². The minimum atomic E-state index is -0.769. The fourth-order valence-corrected chi connectivity index (χ4v) is 2.62. The first-order valence-corrected chi connectivity index (χ1v) is 8.21. The summed E-state index contributed by atoms with van der Waals surface area (Å²) in [6.07, 6.45) is 1.67. The number of methoxy groups -OCH3 is 1. The highest BCUT2D eigenvalue weighted by Crippen LogP contribution is 2.20. The molecule has 0 aliphatic heterocycles. The molecule has 0 unspecified atom stereocenters. The Bertz CT molecular complexity index is 954.